The summed E-state index contributed by atoms with van der Waals surface area (Å²) in [6.45, 7) is 1.57. The SMILES string of the molecule is COCCn1cnnc1CN(C)C(=O)CCC(=O)NC1CCCC1. The van der Waals surface area contributed by atoms with Crippen molar-refractivity contribution < 1.29 is 14.3 Å². The summed E-state index contributed by atoms with van der Waals surface area (Å²) in [4.78, 5) is 25.7. The zero-order valence-electron chi connectivity index (χ0n) is 14.5. The van der Waals surface area contributed by atoms with Crippen LogP contribution in [0, 0.1) is 0 Å². The number of hydrogen-bond donors (Lipinski definition) is 1. The Morgan fingerprint density at radius 3 is 2.83 bits per heavy atom. The smallest absolute Gasteiger partial charge is 0.223 e. The van der Waals surface area contributed by atoms with Gasteiger partial charge in [0.15, 0.2) is 5.82 Å². The summed E-state index contributed by atoms with van der Waals surface area (Å²) < 4.78 is 6.90. The molecule has 8 heteroatoms. The number of nitrogens with zero attached hydrogens (tertiary/aromatic N) is 4. The number of aromatic nitrogens is 3. The van der Waals surface area contributed by atoms with Crippen LogP contribution in [-0.2, 0) is 27.4 Å². The van der Waals surface area contributed by atoms with Crippen molar-refractivity contribution in [3.8, 4) is 0 Å². The Kier molecular flexibility index (Phi) is 7.17. The third-order valence-corrected chi connectivity index (χ3v) is 4.32. The summed E-state index contributed by atoms with van der Waals surface area (Å²) in [5.41, 5.74) is 0. The maximum absolute atomic E-state index is 12.2. The summed E-state index contributed by atoms with van der Waals surface area (Å²) in [6.07, 6.45) is 6.53. The molecule has 1 heterocycles. The Bertz CT molecular complexity index is 540. The van der Waals surface area contributed by atoms with Crippen LogP contribution < -0.4 is 5.32 Å². The van der Waals surface area contributed by atoms with Crippen LogP contribution in [-0.4, -0.2) is 58.3 Å². The molecule has 1 aromatic rings. The van der Waals surface area contributed by atoms with E-state index in [-0.39, 0.29) is 24.7 Å². The third-order valence-electron chi connectivity index (χ3n) is 4.32. The molecule has 2 amide bonds. The Morgan fingerprint density at radius 1 is 1.38 bits per heavy atom. The number of nitrogens with one attached hydrogen (secondary N) is 1. The van der Waals surface area contributed by atoms with Gasteiger partial charge in [-0.05, 0) is 12.8 Å². The highest BCUT2D eigenvalue weighted by Gasteiger charge is 2.19. The quantitative estimate of drug-likeness (QED) is 0.717. The lowest BCUT2D eigenvalue weighted by Gasteiger charge is -2.17. The van der Waals surface area contributed by atoms with Crippen molar-refractivity contribution in [2.45, 2.75) is 57.7 Å². The first-order chi connectivity index (χ1) is 11.6. The second-order valence-corrected chi connectivity index (χ2v) is 6.23. The molecule has 1 aliphatic carbocycles. The summed E-state index contributed by atoms with van der Waals surface area (Å²) in [7, 11) is 3.35. The molecule has 1 aromatic heterocycles. The summed E-state index contributed by atoms with van der Waals surface area (Å²) in [6, 6.07) is 0.296. The van der Waals surface area contributed by atoms with Gasteiger partial charge in [0.25, 0.3) is 0 Å². The van der Waals surface area contributed by atoms with Gasteiger partial charge in [-0.1, -0.05) is 12.8 Å². The summed E-state index contributed by atoms with van der Waals surface area (Å²) >= 11 is 0. The monoisotopic (exact) mass is 337 g/mol. The minimum Gasteiger partial charge on any atom is -0.383 e. The maximum atomic E-state index is 12.2. The molecular formula is C16H27N5O3. The molecular weight excluding hydrogens is 310 g/mol. The minimum absolute atomic E-state index is 0.0353. The Balaban J connectivity index is 1.73. The average Bonchev–Trinajstić information content (AvgIpc) is 3.22. The standard InChI is InChI=1S/C16H27N5O3/c1-20(11-14-19-17-12-21(14)9-10-24-2)16(23)8-7-15(22)18-13-5-3-4-6-13/h12-13H,3-11H2,1-2H3,(H,18,22). The van der Waals surface area contributed by atoms with E-state index in [1.807, 2.05) is 4.57 Å². The number of rotatable bonds is 9. The van der Waals surface area contributed by atoms with Crippen molar-refractivity contribution in [3.05, 3.63) is 12.2 Å². The molecule has 0 radical (unpaired) electrons. The maximum Gasteiger partial charge on any atom is 0.223 e. The number of ether oxygens (including phenoxy) is 1. The van der Waals surface area contributed by atoms with Gasteiger partial charge >= 0.3 is 0 Å². The van der Waals surface area contributed by atoms with Crippen LogP contribution in [0.15, 0.2) is 6.33 Å². The van der Waals surface area contributed by atoms with Crippen molar-refractivity contribution in [1.29, 1.82) is 0 Å². The molecule has 1 saturated carbocycles. The minimum atomic E-state index is -0.0714. The van der Waals surface area contributed by atoms with Crippen LogP contribution in [0.1, 0.15) is 44.3 Å². The number of carbonyl (C=O) groups excluding carboxylic acids is 2. The van der Waals surface area contributed by atoms with Crippen LogP contribution in [0.5, 0.6) is 0 Å². The fraction of sp³-hybridized carbons (Fsp3) is 0.750. The number of hydrogen-bond acceptors (Lipinski definition) is 5. The van der Waals surface area contributed by atoms with Gasteiger partial charge in [0.05, 0.1) is 13.2 Å². The van der Waals surface area contributed by atoms with Gasteiger partial charge in [-0.25, -0.2) is 0 Å². The van der Waals surface area contributed by atoms with Crippen molar-refractivity contribution >= 4 is 11.8 Å². The van der Waals surface area contributed by atoms with Gasteiger partial charge in [-0.3, -0.25) is 9.59 Å². The summed E-state index contributed by atoms with van der Waals surface area (Å²) in [5, 5.41) is 10.9. The van der Waals surface area contributed by atoms with Gasteiger partial charge in [0.1, 0.15) is 6.33 Å². The fourth-order valence-electron chi connectivity index (χ4n) is 2.86. The van der Waals surface area contributed by atoms with Crippen molar-refractivity contribution in [2.75, 3.05) is 20.8 Å². The van der Waals surface area contributed by atoms with E-state index in [1.54, 1.807) is 25.4 Å². The highest BCUT2D eigenvalue weighted by molar-refractivity contribution is 5.83. The molecule has 8 nitrogen and oxygen atoms in total. The highest BCUT2D eigenvalue weighted by Crippen LogP contribution is 2.17. The van der Waals surface area contributed by atoms with E-state index in [4.69, 9.17) is 4.74 Å². The average molecular weight is 337 g/mol. The Labute approximate surface area is 142 Å². The van der Waals surface area contributed by atoms with Crippen LogP contribution in [0.4, 0.5) is 0 Å². The highest BCUT2D eigenvalue weighted by atomic mass is 16.5. The van der Waals surface area contributed by atoms with Crippen molar-refractivity contribution in [1.82, 2.24) is 25.0 Å². The van der Waals surface area contributed by atoms with Gasteiger partial charge < -0.3 is 19.5 Å². The first-order valence-corrected chi connectivity index (χ1v) is 8.49. The normalized spacial score (nSPS) is 14.8. The zero-order chi connectivity index (χ0) is 17.4. The molecule has 0 atom stereocenters. The van der Waals surface area contributed by atoms with Gasteiger partial charge in [-0.15, -0.1) is 10.2 Å². The molecule has 0 aromatic carbocycles. The largest absolute Gasteiger partial charge is 0.383 e. The first-order valence-electron chi connectivity index (χ1n) is 8.49. The molecule has 1 N–H and O–H groups in total. The van der Waals surface area contributed by atoms with E-state index in [2.05, 4.69) is 15.5 Å². The molecule has 0 unspecified atom stereocenters. The fourth-order valence-corrected chi connectivity index (χ4v) is 2.86. The lowest BCUT2D eigenvalue weighted by atomic mass is 10.2. The molecule has 2 rings (SSSR count). The number of carbonyl (C=O) groups is 2. The second kappa shape index (κ2) is 9.36. The zero-order valence-corrected chi connectivity index (χ0v) is 14.5. The third kappa shape index (κ3) is 5.59. The molecule has 1 aliphatic rings. The lowest BCUT2D eigenvalue weighted by molar-refractivity contribution is -0.133. The van der Waals surface area contributed by atoms with E-state index in [0.717, 1.165) is 12.8 Å². The second-order valence-electron chi connectivity index (χ2n) is 6.23. The van der Waals surface area contributed by atoms with Crippen LogP contribution >= 0.6 is 0 Å². The Hall–Kier alpha value is -1.96. The number of methoxy groups -OCH3 is 1. The van der Waals surface area contributed by atoms with E-state index in [9.17, 15) is 9.59 Å². The van der Waals surface area contributed by atoms with E-state index in [0.29, 0.717) is 31.6 Å². The molecule has 0 aliphatic heterocycles. The van der Waals surface area contributed by atoms with E-state index < -0.39 is 0 Å². The van der Waals surface area contributed by atoms with E-state index in [1.165, 1.54) is 12.8 Å². The van der Waals surface area contributed by atoms with E-state index >= 15 is 0 Å². The summed E-state index contributed by atoms with van der Waals surface area (Å²) in [5.74, 6) is 0.600. The van der Waals surface area contributed by atoms with Crippen molar-refractivity contribution in [3.63, 3.8) is 0 Å². The molecule has 0 spiro atoms. The number of amides is 2. The lowest BCUT2D eigenvalue weighted by Crippen LogP contribution is -2.34. The molecule has 134 valence electrons. The van der Waals surface area contributed by atoms with Crippen LogP contribution in [0.2, 0.25) is 0 Å². The molecule has 0 bridgehead atoms. The molecule has 1 fully saturated rings. The Morgan fingerprint density at radius 2 is 2.12 bits per heavy atom. The van der Waals surface area contributed by atoms with Gasteiger partial charge in [-0.2, -0.15) is 0 Å². The van der Waals surface area contributed by atoms with Crippen molar-refractivity contribution in [2.24, 2.45) is 0 Å². The molecule has 0 saturated heterocycles. The topological polar surface area (TPSA) is 89.3 Å². The van der Waals surface area contributed by atoms with Gasteiger partial charge in [0.2, 0.25) is 11.8 Å². The van der Waals surface area contributed by atoms with Crippen LogP contribution in [0.25, 0.3) is 0 Å². The van der Waals surface area contributed by atoms with Gasteiger partial charge in [0, 0.05) is 39.6 Å². The predicted octanol–water partition coefficient (Wildman–Crippen LogP) is 0.722. The predicted molar refractivity (Wildman–Crippen MR) is 88.0 cm³/mol. The molecule has 24 heavy (non-hydrogen) atoms. The first kappa shape index (κ1) is 18.4. The van der Waals surface area contributed by atoms with Crippen LogP contribution in [0.3, 0.4) is 0 Å².